The first-order valence-electron chi connectivity index (χ1n) is 6.01. The van der Waals surface area contributed by atoms with Gasteiger partial charge >= 0.3 is 5.97 Å². The van der Waals surface area contributed by atoms with E-state index in [2.05, 4.69) is 11.9 Å². The van der Waals surface area contributed by atoms with Crippen LogP contribution in [0.4, 0.5) is 0 Å². The zero-order chi connectivity index (χ0) is 15.1. The molecule has 0 aliphatic heterocycles. The molecule has 0 aliphatic rings. The van der Waals surface area contributed by atoms with Gasteiger partial charge in [0.2, 0.25) is 0 Å². The second-order valence-electron chi connectivity index (χ2n) is 4.13. The highest BCUT2D eigenvalue weighted by Crippen LogP contribution is 2.18. The number of aliphatic hydroxyl groups is 1. The zero-order valence-corrected chi connectivity index (χ0v) is 11.1. The molecular formula is C14H17NO5. The van der Waals surface area contributed by atoms with E-state index in [-0.39, 0.29) is 12.2 Å². The Kier molecular flexibility index (Phi) is 5.74. The monoisotopic (exact) mass is 279 g/mol. The highest BCUT2D eigenvalue weighted by molar-refractivity contribution is 5.99. The third-order valence-electron chi connectivity index (χ3n) is 2.52. The number of carbonyl (C=O) groups is 2. The fourth-order valence-electron chi connectivity index (χ4n) is 1.54. The third-order valence-corrected chi connectivity index (χ3v) is 2.52. The van der Waals surface area contributed by atoms with Crippen molar-refractivity contribution in [3.8, 4) is 5.75 Å². The second kappa shape index (κ2) is 7.30. The van der Waals surface area contributed by atoms with Gasteiger partial charge in [0.1, 0.15) is 12.4 Å². The highest BCUT2D eigenvalue weighted by atomic mass is 16.5. The van der Waals surface area contributed by atoms with Gasteiger partial charge in [-0.2, -0.15) is 0 Å². The number of nitrogens with one attached hydrogen (secondary N) is 1. The van der Waals surface area contributed by atoms with E-state index >= 15 is 0 Å². The van der Waals surface area contributed by atoms with Crippen LogP contribution in [0.25, 0.3) is 0 Å². The quantitative estimate of drug-likeness (QED) is 0.642. The number of benzene rings is 1. The molecule has 0 aromatic heterocycles. The van der Waals surface area contributed by atoms with E-state index in [1.165, 1.54) is 19.1 Å². The van der Waals surface area contributed by atoms with Crippen LogP contribution in [0.2, 0.25) is 0 Å². The Morgan fingerprint density at radius 1 is 1.45 bits per heavy atom. The number of para-hydroxylation sites is 1. The molecule has 0 unspecified atom stereocenters. The van der Waals surface area contributed by atoms with Crippen molar-refractivity contribution >= 4 is 11.9 Å². The normalized spacial score (nSPS) is 13.1. The van der Waals surface area contributed by atoms with Crippen LogP contribution in [0.15, 0.2) is 36.9 Å². The molecule has 3 N–H and O–H groups in total. The number of aliphatic carboxylic acids is 1. The first-order valence-corrected chi connectivity index (χ1v) is 6.01. The molecule has 0 heterocycles. The van der Waals surface area contributed by atoms with E-state index in [4.69, 9.17) is 9.84 Å². The Labute approximate surface area is 116 Å². The molecule has 0 saturated carbocycles. The first kappa shape index (κ1) is 15.7. The lowest BCUT2D eigenvalue weighted by Crippen LogP contribution is -2.47. The van der Waals surface area contributed by atoms with Gasteiger partial charge in [-0.05, 0) is 19.1 Å². The van der Waals surface area contributed by atoms with Crippen LogP contribution < -0.4 is 10.1 Å². The maximum absolute atomic E-state index is 12.1. The number of amides is 1. The standard InChI is InChI=1S/C14H17NO5/c1-3-8-20-11-7-5-4-6-10(11)13(17)15-12(9(2)16)14(18)19/h3-7,9,12,16H,1,8H2,2H3,(H,15,17)(H,18,19)/t9-,12+/m1/s1. The minimum atomic E-state index is -1.38. The summed E-state index contributed by atoms with van der Waals surface area (Å²) in [7, 11) is 0. The number of carbonyl (C=O) groups excluding carboxylic acids is 1. The van der Waals surface area contributed by atoms with Crippen molar-refractivity contribution in [1.82, 2.24) is 5.32 Å². The molecule has 1 rings (SSSR count). The van der Waals surface area contributed by atoms with Crippen LogP contribution in [0.1, 0.15) is 17.3 Å². The van der Waals surface area contributed by atoms with Gasteiger partial charge < -0.3 is 20.3 Å². The Hall–Kier alpha value is -2.34. The van der Waals surface area contributed by atoms with Crippen LogP contribution in [0, 0.1) is 0 Å². The first-order chi connectivity index (χ1) is 9.47. The van der Waals surface area contributed by atoms with Gasteiger partial charge in [0.15, 0.2) is 6.04 Å². The summed E-state index contributed by atoms with van der Waals surface area (Å²) < 4.78 is 5.32. The predicted octanol–water partition coefficient (Wildman–Crippen LogP) is 0.815. The SMILES string of the molecule is C=CCOc1ccccc1C(=O)N[C@H](C(=O)O)[C@@H](C)O. The van der Waals surface area contributed by atoms with Crippen molar-refractivity contribution in [1.29, 1.82) is 0 Å². The number of ether oxygens (including phenoxy) is 1. The number of hydrogen-bond donors (Lipinski definition) is 3. The lowest BCUT2D eigenvalue weighted by molar-refractivity contribution is -0.141. The summed E-state index contributed by atoms with van der Waals surface area (Å²) in [6.07, 6.45) is 0.322. The van der Waals surface area contributed by atoms with E-state index in [0.717, 1.165) is 0 Å². The van der Waals surface area contributed by atoms with Gasteiger partial charge in [0, 0.05) is 0 Å². The Morgan fingerprint density at radius 3 is 2.65 bits per heavy atom. The number of rotatable bonds is 7. The number of hydrogen-bond acceptors (Lipinski definition) is 4. The average molecular weight is 279 g/mol. The molecule has 20 heavy (non-hydrogen) atoms. The van der Waals surface area contributed by atoms with Crippen LogP contribution >= 0.6 is 0 Å². The minimum absolute atomic E-state index is 0.196. The van der Waals surface area contributed by atoms with Crippen LogP contribution in [-0.4, -0.2) is 40.8 Å². The molecule has 1 aromatic carbocycles. The largest absolute Gasteiger partial charge is 0.489 e. The topological polar surface area (TPSA) is 95.9 Å². The summed E-state index contributed by atoms with van der Waals surface area (Å²) in [6.45, 7) is 5.02. The molecule has 6 nitrogen and oxygen atoms in total. The molecule has 0 fully saturated rings. The van der Waals surface area contributed by atoms with Crippen LogP contribution in [-0.2, 0) is 4.79 Å². The van der Waals surface area contributed by atoms with E-state index in [1.54, 1.807) is 18.2 Å². The Balaban J connectivity index is 2.91. The zero-order valence-electron chi connectivity index (χ0n) is 11.1. The summed E-state index contributed by atoms with van der Waals surface area (Å²) in [5, 5.41) is 20.5. The van der Waals surface area contributed by atoms with Crippen molar-refractivity contribution in [2.45, 2.75) is 19.1 Å². The van der Waals surface area contributed by atoms with Crippen LogP contribution in [0.5, 0.6) is 5.75 Å². The molecule has 0 bridgehead atoms. The van der Waals surface area contributed by atoms with Gasteiger partial charge in [-0.3, -0.25) is 4.79 Å². The predicted molar refractivity (Wildman–Crippen MR) is 72.7 cm³/mol. The summed E-state index contributed by atoms with van der Waals surface area (Å²) in [5.41, 5.74) is 0.196. The lowest BCUT2D eigenvalue weighted by atomic mass is 10.1. The molecular weight excluding hydrogens is 262 g/mol. The maximum Gasteiger partial charge on any atom is 0.328 e. The van der Waals surface area contributed by atoms with Crippen molar-refractivity contribution in [2.24, 2.45) is 0 Å². The minimum Gasteiger partial charge on any atom is -0.489 e. The van der Waals surface area contributed by atoms with Gasteiger partial charge in [0.25, 0.3) is 5.91 Å². The van der Waals surface area contributed by atoms with E-state index in [0.29, 0.717) is 5.75 Å². The van der Waals surface area contributed by atoms with Gasteiger partial charge in [-0.15, -0.1) is 0 Å². The fraction of sp³-hybridized carbons (Fsp3) is 0.286. The van der Waals surface area contributed by atoms with E-state index < -0.39 is 24.0 Å². The number of aliphatic hydroxyl groups excluding tert-OH is 1. The van der Waals surface area contributed by atoms with Crippen molar-refractivity contribution < 1.29 is 24.5 Å². The van der Waals surface area contributed by atoms with Crippen LogP contribution in [0.3, 0.4) is 0 Å². The smallest absolute Gasteiger partial charge is 0.328 e. The molecule has 0 spiro atoms. The molecule has 2 atom stereocenters. The van der Waals surface area contributed by atoms with Gasteiger partial charge in [-0.1, -0.05) is 24.8 Å². The Bertz CT molecular complexity index is 498. The molecule has 1 aromatic rings. The number of carboxylic acids is 1. The van der Waals surface area contributed by atoms with Crippen molar-refractivity contribution in [3.63, 3.8) is 0 Å². The summed E-state index contributed by atoms with van der Waals surface area (Å²) in [4.78, 5) is 23.0. The summed E-state index contributed by atoms with van der Waals surface area (Å²) >= 11 is 0. The number of carboxylic acid groups (broad SMARTS) is 1. The fourth-order valence-corrected chi connectivity index (χ4v) is 1.54. The summed E-state index contributed by atoms with van der Waals surface area (Å²) in [6, 6.07) is 5.05. The van der Waals surface area contributed by atoms with Gasteiger partial charge in [-0.25, -0.2) is 4.79 Å². The molecule has 0 saturated heterocycles. The molecule has 0 aliphatic carbocycles. The van der Waals surface area contributed by atoms with Gasteiger partial charge in [0.05, 0.1) is 11.7 Å². The molecule has 0 radical (unpaired) electrons. The highest BCUT2D eigenvalue weighted by Gasteiger charge is 2.26. The average Bonchev–Trinajstić information content (AvgIpc) is 2.41. The maximum atomic E-state index is 12.1. The van der Waals surface area contributed by atoms with Crippen molar-refractivity contribution in [3.05, 3.63) is 42.5 Å². The molecule has 108 valence electrons. The van der Waals surface area contributed by atoms with E-state index in [9.17, 15) is 14.7 Å². The molecule has 6 heteroatoms. The summed E-state index contributed by atoms with van der Waals surface area (Å²) in [5.74, 6) is -1.62. The third kappa shape index (κ3) is 4.10. The second-order valence-corrected chi connectivity index (χ2v) is 4.13. The van der Waals surface area contributed by atoms with Crippen molar-refractivity contribution in [2.75, 3.05) is 6.61 Å². The lowest BCUT2D eigenvalue weighted by Gasteiger charge is -2.18. The van der Waals surface area contributed by atoms with E-state index in [1.807, 2.05) is 0 Å². The Morgan fingerprint density at radius 2 is 2.10 bits per heavy atom. The molecule has 1 amide bonds.